The normalized spacial score (nSPS) is 13.6. The van der Waals surface area contributed by atoms with E-state index in [9.17, 15) is 0 Å². The first-order valence-electron chi connectivity index (χ1n) is 23.2. The van der Waals surface area contributed by atoms with Gasteiger partial charge < -0.3 is 13.8 Å². The molecule has 0 unspecified atom stereocenters. The van der Waals surface area contributed by atoms with E-state index in [1.165, 1.54) is 122 Å². The second-order valence-corrected chi connectivity index (χ2v) is 22.1. The maximum Gasteiger partial charge on any atom is 0.333 e. The summed E-state index contributed by atoms with van der Waals surface area (Å²) in [5, 5.41) is 3.66. The number of aryl methyl sites for hydroxylation is 4. The van der Waals surface area contributed by atoms with E-state index in [1.54, 1.807) is 0 Å². The van der Waals surface area contributed by atoms with Gasteiger partial charge >= 0.3 is 6.85 Å². The van der Waals surface area contributed by atoms with Crippen LogP contribution < -0.4 is 15.8 Å². The Kier molecular flexibility index (Phi) is 8.63. The van der Waals surface area contributed by atoms with Gasteiger partial charge in [-0.15, -0.1) is 0 Å². The van der Waals surface area contributed by atoms with E-state index in [2.05, 4.69) is 215 Å². The number of aromatic nitrogens is 1. The molecule has 2 aliphatic rings. The van der Waals surface area contributed by atoms with Crippen molar-refractivity contribution in [3.05, 3.63) is 160 Å². The molecule has 0 saturated heterocycles. The smallest absolute Gasteiger partial charge is 0.333 e. The van der Waals surface area contributed by atoms with Gasteiger partial charge in [0.1, 0.15) is 5.58 Å². The first-order valence-corrected chi connectivity index (χ1v) is 23.2. The third-order valence-electron chi connectivity index (χ3n) is 14.6. The summed E-state index contributed by atoms with van der Waals surface area (Å²) in [5.41, 5.74) is 26.2. The summed E-state index contributed by atoms with van der Waals surface area (Å²) in [5.74, 6) is 0. The van der Waals surface area contributed by atoms with Crippen molar-refractivity contribution in [2.75, 3.05) is 4.90 Å². The topological polar surface area (TPSA) is 21.3 Å². The Morgan fingerprint density at radius 3 is 1.70 bits per heavy atom. The molecular weight excluding hydrogens is 775 g/mol. The van der Waals surface area contributed by atoms with Gasteiger partial charge in [-0.1, -0.05) is 123 Å². The predicted octanol–water partition coefficient (Wildman–Crippen LogP) is 15.4. The van der Waals surface area contributed by atoms with Crippen molar-refractivity contribution in [1.82, 2.24) is 4.48 Å². The molecule has 0 fully saturated rings. The Bertz CT molecular complexity index is 3370. The molecule has 64 heavy (non-hydrogen) atoms. The standard InChI is InChI=1S/C60H59BN2O/c1-34-16-14-17-35(2)52(34)38-20-23-49-45(26-38)46-27-40(53-36(3)18-15-19-37(53)4)28-47-54-55-51(29-39-24-25-64-57(39)54)62(44-31-42(59(8,9)10)30-43(32-44)60(11,12)13)50-33-41(58(5,6)7)21-22-48(50)61(55)63(49)56(46)47/h14-33H,1-13H3. The lowest BCUT2D eigenvalue weighted by Crippen LogP contribution is -2.56. The molecule has 4 heterocycles. The summed E-state index contributed by atoms with van der Waals surface area (Å²) >= 11 is 0. The lowest BCUT2D eigenvalue weighted by Gasteiger charge is -2.42. The second-order valence-electron chi connectivity index (χ2n) is 22.1. The summed E-state index contributed by atoms with van der Waals surface area (Å²) in [6.07, 6.45) is 1.89. The number of anilines is 3. The fraction of sp³-hybridized carbons (Fsp3) is 0.267. The van der Waals surface area contributed by atoms with E-state index in [0.717, 1.165) is 11.0 Å². The van der Waals surface area contributed by atoms with Crippen LogP contribution in [0.5, 0.6) is 0 Å². The van der Waals surface area contributed by atoms with Gasteiger partial charge in [-0.2, -0.15) is 0 Å². The van der Waals surface area contributed by atoms with Crippen molar-refractivity contribution in [2.45, 2.75) is 106 Å². The molecule has 0 amide bonds. The fourth-order valence-corrected chi connectivity index (χ4v) is 11.2. The molecule has 0 aliphatic carbocycles. The molecule has 2 aliphatic heterocycles. The largest absolute Gasteiger partial charge is 0.464 e. The van der Waals surface area contributed by atoms with Gasteiger partial charge in [-0.3, -0.25) is 0 Å². The van der Waals surface area contributed by atoms with Crippen LogP contribution in [0.15, 0.2) is 126 Å². The van der Waals surface area contributed by atoms with Crippen molar-refractivity contribution in [3.8, 4) is 33.4 Å². The molecule has 0 saturated carbocycles. The zero-order valence-electron chi connectivity index (χ0n) is 39.9. The summed E-state index contributed by atoms with van der Waals surface area (Å²) < 4.78 is 9.39. The van der Waals surface area contributed by atoms with Crippen molar-refractivity contribution < 1.29 is 4.42 Å². The number of furan rings is 1. The van der Waals surface area contributed by atoms with Crippen LogP contribution >= 0.6 is 0 Å². The number of benzene rings is 7. The highest BCUT2D eigenvalue weighted by atomic mass is 16.3. The van der Waals surface area contributed by atoms with Crippen LogP contribution in [0.4, 0.5) is 17.1 Å². The average molecular weight is 835 g/mol. The maximum atomic E-state index is 6.70. The minimum atomic E-state index is -0.0998. The minimum absolute atomic E-state index is 0.0489. The van der Waals surface area contributed by atoms with Crippen LogP contribution in [0, 0.1) is 27.7 Å². The highest BCUT2D eigenvalue weighted by molar-refractivity contribution is 6.90. The van der Waals surface area contributed by atoms with Crippen LogP contribution in [0.1, 0.15) is 101 Å². The van der Waals surface area contributed by atoms with E-state index >= 15 is 0 Å². The van der Waals surface area contributed by atoms with Gasteiger partial charge in [0, 0.05) is 55.4 Å². The van der Waals surface area contributed by atoms with Gasteiger partial charge in [-0.25, -0.2) is 0 Å². The molecule has 0 N–H and O–H groups in total. The van der Waals surface area contributed by atoms with Crippen molar-refractivity contribution in [2.24, 2.45) is 0 Å². The third-order valence-corrected chi connectivity index (χ3v) is 14.6. The molecule has 0 radical (unpaired) electrons. The Hall–Kier alpha value is -6.26. The summed E-state index contributed by atoms with van der Waals surface area (Å²) in [6, 6.07) is 44.9. The predicted molar refractivity (Wildman–Crippen MR) is 276 cm³/mol. The van der Waals surface area contributed by atoms with Crippen molar-refractivity contribution in [1.29, 1.82) is 0 Å². The Morgan fingerprint density at radius 2 is 1.09 bits per heavy atom. The number of rotatable bonds is 3. The van der Waals surface area contributed by atoms with Gasteiger partial charge in [0.25, 0.3) is 0 Å². The molecule has 2 aromatic heterocycles. The van der Waals surface area contributed by atoms with E-state index in [-0.39, 0.29) is 23.1 Å². The number of hydrogen-bond acceptors (Lipinski definition) is 2. The van der Waals surface area contributed by atoms with Crippen LogP contribution in [-0.4, -0.2) is 11.3 Å². The molecule has 0 atom stereocenters. The highest BCUT2D eigenvalue weighted by Gasteiger charge is 2.45. The van der Waals surface area contributed by atoms with Crippen LogP contribution in [0.2, 0.25) is 0 Å². The minimum Gasteiger partial charge on any atom is -0.464 e. The average Bonchev–Trinajstić information content (AvgIpc) is 3.83. The fourth-order valence-electron chi connectivity index (χ4n) is 11.2. The molecule has 4 heteroatoms. The molecule has 318 valence electrons. The van der Waals surface area contributed by atoms with Crippen LogP contribution in [-0.2, 0) is 16.2 Å². The first kappa shape index (κ1) is 40.5. The molecule has 0 spiro atoms. The maximum absolute atomic E-state index is 6.70. The SMILES string of the molecule is Cc1cccc(C)c1-c1ccc2c(c1)c1cc(-c3c(C)cccc3C)cc3c1n2B1c2ccc(C(C)(C)C)cc2N(c2cc(C(C)(C)C)cc(C(C)(C)C)c2)c2cc4ccoc4c-3c21. The third kappa shape index (κ3) is 5.94. The number of fused-ring (bicyclic) bond motifs is 9. The van der Waals surface area contributed by atoms with Gasteiger partial charge in [0.15, 0.2) is 0 Å². The number of nitrogens with zero attached hydrogens (tertiary/aromatic N) is 2. The lowest BCUT2D eigenvalue weighted by molar-refractivity contribution is 0.569. The highest BCUT2D eigenvalue weighted by Crippen LogP contribution is 2.51. The quantitative estimate of drug-likeness (QED) is 0.165. The van der Waals surface area contributed by atoms with Gasteiger partial charge in [-0.05, 0) is 171 Å². The molecule has 11 rings (SSSR count). The van der Waals surface area contributed by atoms with Crippen LogP contribution in [0.3, 0.4) is 0 Å². The van der Waals surface area contributed by atoms with Crippen LogP contribution in [0.25, 0.3) is 66.2 Å². The van der Waals surface area contributed by atoms with E-state index in [4.69, 9.17) is 4.42 Å². The lowest BCUT2D eigenvalue weighted by atomic mass is 9.45. The van der Waals surface area contributed by atoms with E-state index < -0.39 is 0 Å². The van der Waals surface area contributed by atoms with Gasteiger partial charge in [0.05, 0.1) is 6.26 Å². The van der Waals surface area contributed by atoms with E-state index in [1.807, 2.05) is 6.26 Å². The molecule has 0 bridgehead atoms. The zero-order valence-corrected chi connectivity index (χ0v) is 39.9. The molecular formula is C60H59BN2O. The second kappa shape index (κ2) is 13.6. The summed E-state index contributed by atoms with van der Waals surface area (Å²) in [4.78, 5) is 2.61. The monoisotopic (exact) mass is 834 g/mol. The van der Waals surface area contributed by atoms with Crippen molar-refractivity contribution in [3.63, 3.8) is 0 Å². The molecule has 7 aromatic carbocycles. The van der Waals surface area contributed by atoms with Crippen molar-refractivity contribution >= 4 is 67.6 Å². The number of hydrogen-bond donors (Lipinski definition) is 0. The Morgan fingerprint density at radius 1 is 0.500 bits per heavy atom. The zero-order chi connectivity index (χ0) is 44.9. The Balaban J connectivity index is 1.33. The van der Waals surface area contributed by atoms with E-state index in [0.29, 0.717) is 0 Å². The first-order chi connectivity index (χ1) is 30.3. The summed E-state index contributed by atoms with van der Waals surface area (Å²) in [6.45, 7) is 30.0. The molecule has 9 aromatic rings. The van der Waals surface area contributed by atoms with Gasteiger partial charge in [0.2, 0.25) is 0 Å². The molecule has 3 nitrogen and oxygen atoms in total. The Labute approximate surface area is 379 Å². The summed E-state index contributed by atoms with van der Waals surface area (Å²) in [7, 11) is 0.